The number of nitrogens with zero attached hydrogens (tertiary/aromatic N) is 1. The molecule has 0 radical (unpaired) electrons. The molecule has 2 rings (SSSR count). The number of aromatic amines is 1. The highest BCUT2D eigenvalue weighted by molar-refractivity contribution is 5.54. The highest BCUT2D eigenvalue weighted by atomic mass is 16.5. The van der Waals surface area contributed by atoms with E-state index in [1.54, 1.807) is 19.5 Å². The minimum atomic E-state index is 0.498. The molecule has 0 aliphatic rings. The first-order valence-electron chi connectivity index (χ1n) is 3.97. The Bertz CT molecular complexity index is 365. The molecule has 0 fully saturated rings. The van der Waals surface area contributed by atoms with Gasteiger partial charge in [-0.15, -0.1) is 0 Å². The number of furan rings is 1. The fraction of sp³-hybridized carbons (Fsp3) is 0.222. The van der Waals surface area contributed by atoms with E-state index in [1.165, 1.54) is 0 Å². The summed E-state index contributed by atoms with van der Waals surface area (Å²) in [6, 6.07) is 3.80. The van der Waals surface area contributed by atoms with Crippen LogP contribution in [-0.4, -0.2) is 17.3 Å². The molecule has 2 aromatic rings. The molecule has 0 atom stereocenters. The van der Waals surface area contributed by atoms with Crippen molar-refractivity contribution in [3.8, 4) is 11.3 Å². The molecule has 0 aliphatic heterocycles. The SMILES string of the molecule is COCc1ccc(-c2cn[nH]c2)o1. The maximum Gasteiger partial charge on any atom is 0.137 e. The zero-order chi connectivity index (χ0) is 9.10. The molecule has 0 spiro atoms. The van der Waals surface area contributed by atoms with E-state index in [4.69, 9.17) is 9.15 Å². The molecule has 0 aliphatic carbocycles. The zero-order valence-electron chi connectivity index (χ0n) is 7.28. The molecule has 13 heavy (non-hydrogen) atoms. The van der Waals surface area contributed by atoms with Gasteiger partial charge in [-0.25, -0.2) is 0 Å². The summed E-state index contributed by atoms with van der Waals surface area (Å²) >= 11 is 0. The van der Waals surface area contributed by atoms with E-state index in [-0.39, 0.29) is 0 Å². The van der Waals surface area contributed by atoms with Crippen molar-refractivity contribution < 1.29 is 9.15 Å². The van der Waals surface area contributed by atoms with Crippen LogP contribution in [0.3, 0.4) is 0 Å². The highest BCUT2D eigenvalue weighted by Gasteiger charge is 2.04. The number of ether oxygens (including phenoxy) is 1. The van der Waals surface area contributed by atoms with Crippen LogP contribution in [0.2, 0.25) is 0 Å². The topological polar surface area (TPSA) is 51.0 Å². The van der Waals surface area contributed by atoms with Gasteiger partial charge < -0.3 is 9.15 Å². The Kier molecular flexibility index (Phi) is 2.14. The molecular weight excluding hydrogens is 168 g/mol. The van der Waals surface area contributed by atoms with Gasteiger partial charge in [0, 0.05) is 13.3 Å². The van der Waals surface area contributed by atoms with Crippen molar-refractivity contribution in [3.05, 3.63) is 30.3 Å². The second-order valence-corrected chi connectivity index (χ2v) is 2.69. The maximum atomic E-state index is 5.48. The second kappa shape index (κ2) is 3.45. The first kappa shape index (κ1) is 8.07. The molecule has 1 N–H and O–H groups in total. The number of hydrogen-bond acceptors (Lipinski definition) is 3. The van der Waals surface area contributed by atoms with Crippen LogP contribution in [-0.2, 0) is 11.3 Å². The van der Waals surface area contributed by atoms with Crippen LogP contribution in [0.25, 0.3) is 11.3 Å². The fourth-order valence-electron chi connectivity index (χ4n) is 1.14. The van der Waals surface area contributed by atoms with Crippen molar-refractivity contribution in [1.29, 1.82) is 0 Å². The first-order chi connectivity index (χ1) is 6.40. The Balaban J connectivity index is 2.23. The van der Waals surface area contributed by atoms with Crippen molar-refractivity contribution in [2.75, 3.05) is 7.11 Å². The first-order valence-corrected chi connectivity index (χ1v) is 3.97. The van der Waals surface area contributed by atoms with Crippen LogP contribution in [0.5, 0.6) is 0 Å². The predicted octanol–water partition coefficient (Wildman–Crippen LogP) is 1.82. The predicted molar refractivity (Wildman–Crippen MR) is 47.0 cm³/mol. The quantitative estimate of drug-likeness (QED) is 0.779. The molecule has 0 saturated carbocycles. The molecular formula is C9H10N2O2. The van der Waals surface area contributed by atoms with Gasteiger partial charge in [0.1, 0.15) is 18.1 Å². The summed E-state index contributed by atoms with van der Waals surface area (Å²) in [5.41, 5.74) is 0.947. The van der Waals surface area contributed by atoms with E-state index in [0.29, 0.717) is 6.61 Å². The molecule has 0 saturated heterocycles. The van der Waals surface area contributed by atoms with Gasteiger partial charge in [-0.1, -0.05) is 0 Å². The summed E-state index contributed by atoms with van der Waals surface area (Å²) in [4.78, 5) is 0. The zero-order valence-corrected chi connectivity index (χ0v) is 7.28. The lowest BCUT2D eigenvalue weighted by Crippen LogP contribution is -1.81. The Morgan fingerprint density at radius 2 is 2.46 bits per heavy atom. The van der Waals surface area contributed by atoms with E-state index in [2.05, 4.69) is 10.2 Å². The summed E-state index contributed by atoms with van der Waals surface area (Å²) in [6.07, 6.45) is 3.50. The van der Waals surface area contributed by atoms with Crippen LogP contribution in [0.1, 0.15) is 5.76 Å². The standard InChI is InChI=1S/C9H10N2O2/c1-12-6-8-2-3-9(13-8)7-4-10-11-5-7/h2-5H,6H2,1H3,(H,10,11). The van der Waals surface area contributed by atoms with Gasteiger partial charge in [-0.2, -0.15) is 5.10 Å². The fourth-order valence-corrected chi connectivity index (χ4v) is 1.14. The third-order valence-electron chi connectivity index (χ3n) is 1.73. The van der Waals surface area contributed by atoms with Gasteiger partial charge in [0.05, 0.1) is 11.8 Å². The molecule has 2 heterocycles. The Morgan fingerprint density at radius 3 is 3.15 bits per heavy atom. The minimum absolute atomic E-state index is 0.498. The van der Waals surface area contributed by atoms with Gasteiger partial charge in [0.15, 0.2) is 0 Å². The maximum absolute atomic E-state index is 5.48. The molecule has 4 nitrogen and oxygen atoms in total. The van der Waals surface area contributed by atoms with Crippen molar-refractivity contribution in [2.45, 2.75) is 6.61 Å². The van der Waals surface area contributed by atoms with Crippen molar-refractivity contribution in [2.24, 2.45) is 0 Å². The molecule has 0 aromatic carbocycles. The number of aromatic nitrogens is 2. The molecule has 2 aromatic heterocycles. The van der Waals surface area contributed by atoms with Crippen LogP contribution in [0.15, 0.2) is 28.9 Å². The number of nitrogens with one attached hydrogen (secondary N) is 1. The summed E-state index contributed by atoms with van der Waals surface area (Å²) in [6.45, 7) is 0.498. The largest absolute Gasteiger partial charge is 0.459 e. The van der Waals surface area contributed by atoms with E-state index < -0.39 is 0 Å². The molecule has 68 valence electrons. The number of rotatable bonds is 3. The third-order valence-corrected chi connectivity index (χ3v) is 1.73. The Morgan fingerprint density at radius 1 is 1.54 bits per heavy atom. The highest BCUT2D eigenvalue weighted by Crippen LogP contribution is 2.20. The third kappa shape index (κ3) is 1.62. The van der Waals surface area contributed by atoms with Gasteiger partial charge in [-0.05, 0) is 12.1 Å². The van der Waals surface area contributed by atoms with Crippen LogP contribution in [0, 0.1) is 0 Å². The molecule has 0 amide bonds. The summed E-state index contributed by atoms with van der Waals surface area (Å²) in [7, 11) is 1.64. The van der Waals surface area contributed by atoms with Crippen molar-refractivity contribution in [3.63, 3.8) is 0 Å². The average molecular weight is 178 g/mol. The number of hydrogen-bond donors (Lipinski definition) is 1. The van der Waals surface area contributed by atoms with Gasteiger partial charge in [0.2, 0.25) is 0 Å². The van der Waals surface area contributed by atoms with Gasteiger partial charge >= 0.3 is 0 Å². The normalized spacial score (nSPS) is 10.5. The lowest BCUT2D eigenvalue weighted by atomic mass is 10.3. The van der Waals surface area contributed by atoms with E-state index in [0.717, 1.165) is 17.1 Å². The van der Waals surface area contributed by atoms with Crippen molar-refractivity contribution >= 4 is 0 Å². The van der Waals surface area contributed by atoms with E-state index >= 15 is 0 Å². The summed E-state index contributed by atoms with van der Waals surface area (Å²) in [5.74, 6) is 1.62. The summed E-state index contributed by atoms with van der Waals surface area (Å²) < 4.78 is 10.4. The smallest absolute Gasteiger partial charge is 0.137 e. The van der Waals surface area contributed by atoms with Crippen molar-refractivity contribution in [1.82, 2.24) is 10.2 Å². The monoisotopic (exact) mass is 178 g/mol. The van der Waals surface area contributed by atoms with Crippen LogP contribution in [0.4, 0.5) is 0 Å². The molecule has 4 heteroatoms. The number of methoxy groups -OCH3 is 1. The number of H-pyrrole nitrogens is 1. The minimum Gasteiger partial charge on any atom is -0.459 e. The van der Waals surface area contributed by atoms with Crippen LogP contribution < -0.4 is 0 Å². The van der Waals surface area contributed by atoms with Gasteiger partial charge in [0.25, 0.3) is 0 Å². The summed E-state index contributed by atoms with van der Waals surface area (Å²) in [5, 5.41) is 6.57. The average Bonchev–Trinajstić information content (AvgIpc) is 2.70. The lowest BCUT2D eigenvalue weighted by molar-refractivity contribution is 0.165. The Labute approximate surface area is 75.5 Å². The molecule has 0 unspecified atom stereocenters. The molecule has 0 bridgehead atoms. The van der Waals surface area contributed by atoms with E-state index in [1.807, 2.05) is 12.1 Å². The second-order valence-electron chi connectivity index (χ2n) is 2.69. The lowest BCUT2D eigenvalue weighted by Gasteiger charge is -1.92. The Hall–Kier alpha value is -1.55. The van der Waals surface area contributed by atoms with Crippen LogP contribution >= 0.6 is 0 Å². The van der Waals surface area contributed by atoms with E-state index in [9.17, 15) is 0 Å². The van der Waals surface area contributed by atoms with Gasteiger partial charge in [-0.3, -0.25) is 5.10 Å².